The molecule has 1 aromatic rings. The Kier molecular flexibility index (Phi) is 4.23. The van der Waals surface area contributed by atoms with Gasteiger partial charge in [0.2, 0.25) is 5.91 Å². The summed E-state index contributed by atoms with van der Waals surface area (Å²) in [5, 5.41) is 11.5. The number of aromatic nitrogens is 1. The number of amides is 1. The van der Waals surface area contributed by atoms with Crippen LogP contribution < -0.4 is 11.1 Å². The summed E-state index contributed by atoms with van der Waals surface area (Å²) in [6, 6.07) is 3.49. The van der Waals surface area contributed by atoms with Crippen molar-refractivity contribution in [1.82, 2.24) is 4.98 Å². The van der Waals surface area contributed by atoms with Crippen LogP contribution in [0.2, 0.25) is 0 Å². The highest BCUT2D eigenvalue weighted by molar-refractivity contribution is 5.75. The molecule has 0 unspecified atom stereocenters. The molecule has 0 bridgehead atoms. The summed E-state index contributed by atoms with van der Waals surface area (Å²) >= 11 is 0. The molecule has 108 valence electrons. The normalized spacial score (nSPS) is 11.8. The second kappa shape index (κ2) is 5.36. The van der Waals surface area contributed by atoms with Crippen molar-refractivity contribution in [2.75, 3.05) is 5.32 Å². The molecule has 3 N–H and O–H groups in total. The summed E-state index contributed by atoms with van der Waals surface area (Å²) in [5.41, 5.74) is 2.97. The van der Waals surface area contributed by atoms with Gasteiger partial charge in [-0.2, -0.15) is 18.4 Å². The quantitative estimate of drug-likeness (QED) is 0.886. The largest absolute Gasteiger partial charge is 0.433 e. The zero-order chi connectivity index (χ0) is 15.6. The maximum atomic E-state index is 12.6. The van der Waals surface area contributed by atoms with E-state index in [1.807, 2.05) is 0 Å². The number of hydrogen-bond acceptors (Lipinski definition) is 4. The first-order chi connectivity index (χ1) is 9.05. The Hall–Kier alpha value is -2.30. The van der Waals surface area contributed by atoms with Crippen LogP contribution in [0.15, 0.2) is 12.1 Å². The standard InChI is InChI=1S/C12H13F3N4O/c1-11(2,5-9(17)20)19-10-7(6-16)3-4-8(18-10)12(13,14)15/h3-4H,5H2,1-2H3,(H2,17,20)(H,18,19). The molecule has 1 aromatic heterocycles. The predicted octanol–water partition coefficient (Wildman–Crippen LogP) is 2.04. The number of hydrogen-bond donors (Lipinski definition) is 2. The van der Waals surface area contributed by atoms with Gasteiger partial charge in [0, 0.05) is 12.0 Å². The van der Waals surface area contributed by atoms with Crippen molar-refractivity contribution < 1.29 is 18.0 Å². The molecule has 0 fully saturated rings. The molecule has 0 radical (unpaired) electrons. The summed E-state index contributed by atoms with van der Waals surface area (Å²) in [5.74, 6) is -0.846. The Morgan fingerprint density at radius 3 is 2.50 bits per heavy atom. The maximum Gasteiger partial charge on any atom is 0.433 e. The molecule has 8 heteroatoms. The number of halogens is 3. The molecule has 0 saturated carbocycles. The van der Waals surface area contributed by atoms with Gasteiger partial charge in [-0.15, -0.1) is 0 Å². The van der Waals surface area contributed by atoms with E-state index in [0.717, 1.165) is 12.1 Å². The first-order valence-electron chi connectivity index (χ1n) is 5.60. The lowest BCUT2D eigenvalue weighted by Crippen LogP contribution is -2.36. The van der Waals surface area contributed by atoms with Crippen LogP contribution in [0.25, 0.3) is 0 Å². The topological polar surface area (TPSA) is 91.8 Å². The van der Waals surface area contributed by atoms with Crippen LogP contribution >= 0.6 is 0 Å². The Bertz CT molecular complexity index is 561. The number of carbonyl (C=O) groups excluding carboxylic acids is 1. The van der Waals surface area contributed by atoms with Crippen LogP contribution in [0.5, 0.6) is 0 Å². The number of anilines is 1. The second-order valence-corrected chi connectivity index (χ2v) is 4.85. The first-order valence-corrected chi connectivity index (χ1v) is 5.60. The van der Waals surface area contributed by atoms with Crippen LogP contribution in [0.3, 0.4) is 0 Å². The third-order valence-electron chi connectivity index (χ3n) is 2.38. The van der Waals surface area contributed by atoms with Crippen molar-refractivity contribution in [2.24, 2.45) is 5.73 Å². The van der Waals surface area contributed by atoms with Crippen LogP contribution in [-0.4, -0.2) is 16.4 Å². The van der Waals surface area contributed by atoms with Gasteiger partial charge in [0.05, 0.1) is 5.56 Å². The maximum absolute atomic E-state index is 12.6. The van der Waals surface area contributed by atoms with Gasteiger partial charge in [-0.05, 0) is 26.0 Å². The highest BCUT2D eigenvalue weighted by Gasteiger charge is 2.33. The summed E-state index contributed by atoms with van der Waals surface area (Å²) in [6.45, 7) is 3.14. The van der Waals surface area contributed by atoms with Gasteiger partial charge in [0.1, 0.15) is 17.6 Å². The Morgan fingerprint density at radius 1 is 1.45 bits per heavy atom. The van der Waals surface area contributed by atoms with E-state index in [2.05, 4.69) is 10.3 Å². The molecular weight excluding hydrogens is 273 g/mol. The van der Waals surface area contributed by atoms with Gasteiger partial charge in [-0.25, -0.2) is 4.98 Å². The molecule has 20 heavy (non-hydrogen) atoms. The predicted molar refractivity (Wildman–Crippen MR) is 65.5 cm³/mol. The summed E-state index contributed by atoms with van der Waals surface area (Å²) < 4.78 is 37.8. The number of nitrogens with two attached hydrogens (primary N) is 1. The molecule has 0 saturated heterocycles. The molecule has 0 atom stereocenters. The smallest absolute Gasteiger partial charge is 0.370 e. The van der Waals surface area contributed by atoms with Gasteiger partial charge < -0.3 is 11.1 Å². The number of pyridine rings is 1. The fourth-order valence-electron chi connectivity index (χ4n) is 1.60. The van der Waals surface area contributed by atoms with Gasteiger partial charge in [-0.3, -0.25) is 4.79 Å². The lowest BCUT2D eigenvalue weighted by molar-refractivity contribution is -0.141. The lowest BCUT2D eigenvalue weighted by Gasteiger charge is -2.26. The van der Waals surface area contributed by atoms with Crippen LogP contribution in [-0.2, 0) is 11.0 Å². The van der Waals surface area contributed by atoms with Crippen molar-refractivity contribution in [1.29, 1.82) is 5.26 Å². The van der Waals surface area contributed by atoms with E-state index in [9.17, 15) is 18.0 Å². The molecule has 0 aliphatic heterocycles. The fraction of sp³-hybridized carbons (Fsp3) is 0.417. The molecule has 0 aromatic carbocycles. The van der Waals surface area contributed by atoms with Gasteiger partial charge in [0.25, 0.3) is 0 Å². The molecule has 0 aliphatic rings. The van der Waals surface area contributed by atoms with E-state index in [-0.39, 0.29) is 17.8 Å². The molecule has 5 nitrogen and oxygen atoms in total. The number of nitrogens with zero attached hydrogens (tertiary/aromatic N) is 2. The number of carbonyl (C=O) groups is 1. The van der Waals surface area contributed by atoms with Crippen molar-refractivity contribution in [2.45, 2.75) is 32.0 Å². The Labute approximate surface area is 113 Å². The number of alkyl halides is 3. The Morgan fingerprint density at radius 2 is 2.05 bits per heavy atom. The molecule has 0 aliphatic carbocycles. The van der Waals surface area contributed by atoms with Crippen molar-refractivity contribution >= 4 is 11.7 Å². The minimum Gasteiger partial charge on any atom is -0.370 e. The van der Waals surface area contributed by atoms with Crippen molar-refractivity contribution in [3.63, 3.8) is 0 Å². The van der Waals surface area contributed by atoms with Crippen LogP contribution in [0, 0.1) is 11.3 Å². The summed E-state index contributed by atoms with van der Waals surface area (Å²) in [6.07, 6.45) is -4.73. The highest BCUT2D eigenvalue weighted by atomic mass is 19.4. The lowest BCUT2D eigenvalue weighted by atomic mass is 10.00. The third-order valence-corrected chi connectivity index (χ3v) is 2.38. The monoisotopic (exact) mass is 286 g/mol. The summed E-state index contributed by atoms with van der Waals surface area (Å²) in [7, 11) is 0. The van der Waals surface area contributed by atoms with E-state index in [4.69, 9.17) is 11.0 Å². The average Bonchev–Trinajstić information content (AvgIpc) is 2.25. The van der Waals surface area contributed by atoms with Gasteiger partial charge >= 0.3 is 6.18 Å². The number of primary amides is 1. The highest BCUT2D eigenvalue weighted by Crippen LogP contribution is 2.30. The molecule has 0 spiro atoms. The molecule has 1 heterocycles. The van der Waals surface area contributed by atoms with E-state index < -0.39 is 23.3 Å². The Balaban J connectivity index is 3.16. The zero-order valence-electron chi connectivity index (χ0n) is 10.9. The van der Waals surface area contributed by atoms with Crippen LogP contribution in [0.1, 0.15) is 31.5 Å². The fourth-order valence-corrected chi connectivity index (χ4v) is 1.60. The SMILES string of the molecule is CC(C)(CC(N)=O)Nc1nc(C(F)(F)F)ccc1C#N. The zero-order valence-corrected chi connectivity index (χ0v) is 10.9. The van der Waals surface area contributed by atoms with Gasteiger partial charge in [0.15, 0.2) is 0 Å². The number of rotatable bonds is 4. The molecule has 1 rings (SSSR count). The number of nitrogens with one attached hydrogen (secondary N) is 1. The first kappa shape index (κ1) is 15.8. The molecule has 1 amide bonds. The molecular formula is C12H13F3N4O. The summed E-state index contributed by atoms with van der Waals surface area (Å²) in [4.78, 5) is 14.3. The van der Waals surface area contributed by atoms with E-state index in [1.165, 1.54) is 0 Å². The third kappa shape index (κ3) is 4.12. The van der Waals surface area contributed by atoms with Gasteiger partial charge in [-0.1, -0.05) is 0 Å². The minimum absolute atomic E-state index is 0.0458. The van der Waals surface area contributed by atoms with Crippen molar-refractivity contribution in [3.05, 3.63) is 23.4 Å². The van der Waals surface area contributed by atoms with Crippen molar-refractivity contribution in [3.8, 4) is 6.07 Å². The van der Waals surface area contributed by atoms with E-state index >= 15 is 0 Å². The second-order valence-electron chi connectivity index (χ2n) is 4.85. The van der Waals surface area contributed by atoms with E-state index in [1.54, 1.807) is 19.9 Å². The average molecular weight is 286 g/mol. The number of nitriles is 1. The minimum atomic E-state index is -4.61. The van der Waals surface area contributed by atoms with E-state index in [0.29, 0.717) is 0 Å². The van der Waals surface area contributed by atoms with Crippen LogP contribution in [0.4, 0.5) is 19.0 Å².